The molecule has 0 aliphatic heterocycles. The molecule has 2 unspecified atom stereocenters. The Labute approximate surface area is 89.1 Å². The Morgan fingerprint density at radius 3 is 2.73 bits per heavy atom. The highest BCUT2D eigenvalue weighted by Crippen LogP contribution is 2.27. The maximum absolute atomic E-state index is 10.7. The van der Waals surface area contributed by atoms with Gasteiger partial charge in [0.2, 0.25) is 0 Å². The number of carboxylic acid groups (broad SMARTS) is 1. The Bertz CT molecular complexity index is 332. The van der Waals surface area contributed by atoms with E-state index < -0.39 is 5.97 Å². The first-order chi connectivity index (χ1) is 7.06. The van der Waals surface area contributed by atoms with Crippen LogP contribution in [0.3, 0.4) is 0 Å². The summed E-state index contributed by atoms with van der Waals surface area (Å²) < 4.78 is 5.31. The van der Waals surface area contributed by atoms with Crippen molar-refractivity contribution in [2.24, 2.45) is 5.73 Å². The van der Waals surface area contributed by atoms with Crippen molar-refractivity contribution in [3.05, 3.63) is 23.7 Å². The second-order valence-corrected chi connectivity index (χ2v) is 3.74. The fraction of sp³-hybridized carbons (Fsp3) is 0.545. The number of aliphatic carboxylic acids is 1. The predicted molar refractivity (Wildman–Crippen MR) is 56.7 cm³/mol. The van der Waals surface area contributed by atoms with Gasteiger partial charge in [0.05, 0.1) is 12.7 Å². The van der Waals surface area contributed by atoms with E-state index in [2.05, 4.69) is 0 Å². The van der Waals surface area contributed by atoms with Crippen LogP contribution in [0.2, 0.25) is 0 Å². The van der Waals surface area contributed by atoms with Crippen LogP contribution in [0, 0.1) is 6.92 Å². The van der Waals surface area contributed by atoms with Crippen LogP contribution < -0.4 is 5.73 Å². The number of carboxylic acids is 1. The van der Waals surface area contributed by atoms with Gasteiger partial charge in [0.15, 0.2) is 0 Å². The Balaban J connectivity index is 2.90. The minimum absolute atomic E-state index is 0.0172. The van der Waals surface area contributed by atoms with E-state index >= 15 is 0 Å². The van der Waals surface area contributed by atoms with Crippen molar-refractivity contribution in [1.29, 1.82) is 0 Å². The van der Waals surface area contributed by atoms with Crippen molar-refractivity contribution in [2.75, 3.05) is 0 Å². The zero-order chi connectivity index (χ0) is 11.4. The van der Waals surface area contributed by atoms with E-state index in [1.807, 2.05) is 19.9 Å². The van der Waals surface area contributed by atoms with Gasteiger partial charge in [-0.3, -0.25) is 4.79 Å². The van der Waals surface area contributed by atoms with Crippen LogP contribution in [0.4, 0.5) is 0 Å². The van der Waals surface area contributed by atoms with Gasteiger partial charge < -0.3 is 15.3 Å². The molecule has 2 atom stereocenters. The molecule has 3 N–H and O–H groups in total. The second-order valence-electron chi connectivity index (χ2n) is 3.74. The highest BCUT2D eigenvalue weighted by atomic mass is 16.4. The van der Waals surface area contributed by atoms with E-state index in [1.165, 1.54) is 0 Å². The van der Waals surface area contributed by atoms with Crippen molar-refractivity contribution < 1.29 is 14.3 Å². The normalized spacial score (nSPS) is 14.9. The number of hydrogen-bond donors (Lipinski definition) is 2. The Hall–Kier alpha value is -1.29. The second kappa shape index (κ2) is 4.98. The Morgan fingerprint density at radius 2 is 2.33 bits per heavy atom. The SMILES string of the molecule is CCC(N)C(CC(=O)O)c1occc1C. The van der Waals surface area contributed by atoms with E-state index in [4.69, 9.17) is 15.3 Å². The summed E-state index contributed by atoms with van der Waals surface area (Å²) in [4.78, 5) is 10.7. The molecule has 0 saturated carbocycles. The minimum Gasteiger partial charge on any atom is -0.481 e. The number of furan rings is 1. The predicted octanol–water partition coefficient (Wildman–Crippen LogP) is 1.88. The third-order valence-corrected chi connectivity index (χ3v) is 2.62. The van der Waals surface area contributed by atoms with Crippen LogP contribution in [-0.4, -0.2) is 17.1 Å². The van der Waals surface area contributed by atoms with Crippen LogP contribution in [0.25, 0.3) is 0 Å². The summed E-state index contributed by atoms with van der Waals surface area (Å²) in [5.74, 6) is -0.381. The molecule has 1 aromatic rings. The first kappa shape index (κ1) is 11.8. The van der Waals surface area contributed by atoms with Gasteiger partial charge in [-0.25, -0.2) is 0 Å². The fourth-order valence-corrected chi connectivity index (χ4v) is 1.68. The molecule has 0 radical (unpaired) electrons. The molecule has 15 heavy (non-hydrogen) atoms. The molecular weight excluding hydrogens is 194 g/mol. The molecule has 0 saturated heterocycles. The smallest absolute Gasteiger partial charge is 0.304 e. The van der Waals surface area contributed by atoms with Crippen molar-refractivity contribution in [3.8, 4) is 0 Å². The number of rotatable bonds is 5. The maximum atomic E-state index is 10.7. The number of nitrogens with two attached hydrogens (primary N) is 1. The third kappa shape index (κ3) is 2.83. The average Bonchev–Trinajstić information content (AvgIpc) is 2.59. The van der Waals surface area contributed by atoms with Gasteiger partial charge in [-0.05, 0) is 25.0 Å². The lowest BCUT2D eigenvalue weighted by Gasteiger charge is -2.19. The first-order valence-electron chi connectivity index (χ1n) is 5.07. The van der Waals surface area contributed by atoms with Gasteiger partial charge in [0, 0.05) is 12.0 Å². The van der Waals surface area contributed by atoms with Crippen LogP contribution in [-0.2, 0) is 4.79 Å². The monoisotopic (exact) mass is 211 g/mol. The molecule has 84 valence electrons. The zero-order valence-electron chi connectivity index (χ0n) is 9.06. The highest BCUT2D eigenvalue weighted by Gasteiger charge is 2.25. The lowest BCUT2D eigenvalue weighted by atomic mass is 9.90. The van der Waals surface area contributed by atoms with Crippen molar-refractivity contribution in [1.82, 2.24) is 0 Å². The lowest BCUT2D eigenvalue weighted by molar-refractivity contribution is -0.137. The van der Waals surface area contributed by atoms with Crippen LogP contribution in [0.15, 0.2) is 16.7 Å². The zero-order valence-corrected chi connectivity index (χ0v) is 9.06. The summed E-state index contributed by atoms with van der Waals surface area (Å²) in [7, 11) is 0. The van der Waals surface area contributed by atoms with Crippen molar-refractivity contribution >= 4 is 5.97 Å². The molecule has 0 spiro atoms. The van der Waals surface area contributed by atoms with Gasteiger partial charge in [0.25, 0.3) is 0 Å². The standard InChI is InChI=1S/C11H17NO3/c1-3-9(12)8(6-10(13)14)11-7(2)4-5-15-11/h4-5,8-9H,3,6,12H2,1-2H3,(H,13,14). The summed E-state index contributed by atoms with van der Waals surface area (Å²) in [6, 6.07) is 1.65. The summed E-state index contributed by atoms with van der Waals surface area (Å²) in [5.41, 5.74) is 6.87. The average molecular weight is 211 g/mol. The van der Waals surface area contributed by atoms with E-state index in [9.17, 15) is 4.79 Å². The molecule has 4 heteroatoms. The third-order valence-electron chi connectivity index (χ3n) is 2.62. The largest absolute Gasteiger partial charge is 0.481 e. The summed E-state index contributed by atoms with van der Waals surface area (Å²) in [6.45, 7) is 3.84. The van der Waals surface area contributed by atoms with Gasteiger partial charge >= 0.3 is 5.97 Å². The minimum atomic E-state index is -0.847. The molecule has 0 aliphatic carbocycles. The lowest BCUT2D eigenvalue weighted by Crippen LogP contribution is -2.29. The highest BCUT2D eigenvalue weighted by molar-refractivity contribution is 5.68. The van der Waals surface area contributed by atoms with E-state index in [0.29, 0.717) is 5.76 Å². The summed E-state index contributed by atoms with van der Waals surface area (Å²) >= 11 is 0. The summed E-state index contributed by atoms with van der Waals surface area (Å²) in [5, 5.41) is 8.82. The number of aryl methyl sites for hydroxylation is 1. The van der Waals surface area contributed by atoms with Crippen LogP contribution in [0.5, 0.6) is 0 Å². The quantitative estimate of drug-likeness (QED) is 0.779. The Morgan fingerprint density at radius 1 is 1.67 bits per heavy atom. The number of carbonyl (C=O) groups is 1. The topological polar surface area (TPSA) is 76.5 Å². The van der Waals surface area contributed by atoms with E-state index in [1.54, 1.807) is 6.26 Å². The Kier molecular flexibility index (Phi) is 3.91. The van der Waals surface area contributed by atoms with Gasteiger partial charge in [-0.2, -0.15) is 0 Å². The molecule has 1 heterocycles. The van der Waals surface area contributed by atoms with Gasteiger partial charge in [-0.1, -0.05) is 6.92 Å². The maximum Gasteiger partial charge on any atom is 0.304 e. The fourth-order valence-electron chi connectivity index (χ4n) is 1.68. The molecular formula is C11H17NO3. The molecule has 0 aromatic carbocycles. The van der Waals surface area contributed by atoms with Gasteiger partial charge in [0.1, 0.15) is 5.76 Å². The van der Waals surface area contributed by atoms with Crippen LogP contribution in [0.1, 0.15) is 37.0 Å². The van der Waals surface area contributed by atoms with Crippen LogP contribution >= 0.6 is 0 Å². The molecule has 0 aliphatic rings. The summed E-state index contributed by atoms with van der Waals surface area (Å²) in [6.07, 6.45) is 2.32. The number of hydrogen-bond acceptors (Lipinski definition) is 3. The van der Waals surface area contributed by atoms with E-state index in [-0.39, 0.29) is 18.4 Å². The molecule has 0 fully saturated rings. The van der Waals surface area contributed by atoms with Gasteiger partial charge in [-0.15, -0.1) is 0 Å². The first-order valence-corrected chi connectivity index (χ1v) is 5.07. The van der Waals surface area contributed by atoms with Crippen molar-refractivity contribution in [3.63, 3.8) is 0 Å². The van der Waals surface area contributed by atoms with Crippen molar-refractivity contribution in [2.45, 2.75) is 38.6 Å². The molecule has 4 nitrogen and oxygen atoms in total. The molecule has 0 amide bonds. The molecule has 1 aromatic heterocycles. The van der Waals surface area contributed by atoms with E-state index in [0.717, 1.165) is 12.0 Å². The molecule has 1 rings (SSSR count). The molecule has 0 bridgehead atoms.